The highest BCUT2D eigenvalue weighted by Crippen LogP contribution is 2.41. The third kappa shape index (κ3) is 3.71. The van der Waals surface area contributed by atoms with Gasteiger partial charge < -0.3 is 15.0 Å². The number of likely N-dealkylation sites (N-methyl/N-ethyl adjacent to an activating group) is 1. The van der Waals surface area contributed by atoms with Crippen molar-refractivity contribution in [3.8, 4) is 5.75 Å². The van der Waals surface area contributed by atoms with Gasteiger partial charge in [-0.3, -0.25) is 0 Å². The molecule has 1 N–H and O–H groups in total. The Hall–Kier alpha value is -3.85. The summed E-state index contributed by atoms with van der Waals surface area (Å²) in [6.07, 6.45) is 6.05. The Morgan fingerprint density at radius 2 is 2.00 bits per heavy atom. The Bertz CT molecular complexity index is 1180. The highest BCUT2D eigenvalue weighted by Gasteiger charge is 2.30. The highest BCUT2D eigenvalue weighted by molar-refractivity contribution is 5.68. The van der Waals surface area contributed by atoms with Gasteiger partial charge in [0.2, 0.25) is 11.6 Å². The minimum atomic E-state index is 0.265. The fourth-order valence-electron chi connectivity index (χ4n) is 4.28. The Morgan fingerprint density at radius 3 is 2.84 bits per heavy atom. The van der Waals surface area contributed by atoms with E-state index in [1.807, 2.05) is 24.3 Å². The number of anilines is 3. The quantitative estimate of drug-likeness (QED) is 0.440. The first-order chi connectivity index (χ1) is 15.2. The summed E-state index contributed by atoms with van der Waals surface area (Å²) in [6.45, 7) is 8.52. The van der Waals surface area contributed by atoms with Crippen LogP contribution in [0.2, 0.25) is 0 Å². The van der Waals surface area contributed by atoms with Gasteiger partial charge in [-0.1, -0.05) is 42.5 Å². The molecule has 4 bridgehead atoms. The van der Waals surface area contributed by atoms with Crippen LogP contribution in [0.15, 0.2) is 60.7 Å². The van der Waals surface area contributed by atoms with E-state index in [1.54, 1.807) is 6.07 Å². The fourth-order valence-corrected chi connectivity index (χ4v) is 4.28. The summed E-state index contributed by atoms with van der Waals surface area (Å²) < 4.78 is 5.83. The largest absolute Gasteiger partial charge is 0.500 e. The van der Waals surface area contributed by atoms with Crippen molar-refractivity contribution in [1.29, 1.82) is 0 Å². The maximum atomic E-state index is 7.39. The van der Waals surface area contributed by atoms with Gasteiger partial charge in [-0.15, -0.1) is 0 Å². The van der Waals surface area contributed by atoms with Crippen LogP contribution < -0.4 is 15.0 Å². The summed E-state index contributed by atoms with van der Waals surface area (Å²) in [7, 11) is 2.06. The molecular weight excluding hydrogens is 386 g/mol. The van der Waals surface area contributed by atoms with E-state index in [4.69, 9.17) is 21.3 Å². The minimum Gasteiger partial charge on any atom is -0.500 e. The Kier molecular flexibility index (Phi) is 5.01. The smallest absolute Gasteiger partial charge is 0.229 e. The molecule has 1 aromatic heterocycles. The van der Waals surface area contributed by atoms with Crippen LogP contribution in [0.4, 0.5) is 23.1 Å². The molecular formula is C25H23N5O. The summed E-state index contributed by atoms with van der Waals surface area (Å²) in [5, 5.41) is 3.34. The number of nitrogens with zero attached hydrogens (tertiary/aromatic N) is 4. The molecule has 1 unspecified atom stereocenters. The lowest BCUT2D eigenvalue weighted by Crippen LogP contribution is -2.21. The van der Waals surface area contributed by atoms with Gasteiger partial charge in [0.15, 0.2) is 0 Å². The molecule has 2 aliphatic rings. The zero-order valence-corrected chi connectivity index (χ0v) is 17.4. The van der Waals surface area contributed by atoms with E-state index in [2.05, 4.69) is 52.5 Å². The first-order valence-electron chi connectivity index (χ1n) is 10.5. The number of nitrogens with one attached hydrogen (secondary N) is 1. The monoisotopic (exact) mass is 409 g/mol. The van der Waals surface area contributed by atoms with Crippen molar-refractivity contribution in [2.45, 2.75) is 18.8 Å². The van der Waals surface area contributed by atoms with Crippen molar-refractivity contribution < 1.29 is 4.74 Å². The van der Waals surface area contributed by atoms with Crippen molar-refractivity contribution in [2.75, 3.05) is 30.4 Å². The first-order valence-corrected chi connectivity index (χ1v) is 10.5. The van der Waals surface area contributed by atoms with Crippen LogP contribution in [0.5, 0.6) is 5.75 Å². The Balaban J connectivity index is 1.62. The number of benzene rings is 2. The number of aromatic nitrogens is 2. The SMILES string of the molecule is [C-]#[N+]c1ccc2cc1OC/C=C/CN(C)c1nc(nc3c1CCC3c1ccccc1)N2. The summed E-state index contributed by atoms with van der Waals surface area (Å²) in [4.78, 5) is 15.6. The Labute approximate surface area is 182 Å². The fraction of sp³-hybridized carbons (Fsp3) is 0.240. The van der Waals surface area contributed by atoms with Crippen LogP contribution in [-0.4, -0.2) is 30.2 Å². The van der Waals surface area contributed by atoms with Crippen molar-refractivity contribution >= 4 is 23.1 Å². The molecule has 5 rings (SSSR count). The second kappa shape index (κ2) is 8.11. The lowest BCUT2D eigenvalue weighted by atomic mass is 9.97. The van der Waals surface area contributed by atoms with Crippen molar-refractivity contribution in [1.82, 2.24) is 9.97 Å². The molecule has 0 fully saturated rings. The summed E-state index contributed by atoms with van der Waals surface area (Å²) in [5.41, 5.74) is 4.90. The lowest BCUT2D eigenvalue weighted by molar-refractivity contribution is 0.365. The highest BCUT2D eigenvalue weighted by atomic mass is 16.5. The summed E-state index contributed by atoms with van der Waals surface area (Å²) >= 11 is 0. The predicted molar refractivity (Wildman–Crippen MR) is 123 cm³/mol. The number of hydrogen-bond acceptors (Lipinski definition) is 5. The number of fused-ring (bicyclic) bond motifs is 6. The van der Waals surface area contributed by atoms with Crippen LogP contribution in [0.3, 0.4) is 0 Å². The molecule has 0 saturated heterocycles. The lowest BCUT2D eigenvalue weighted by Gasteiger charge is -2.21. The van der Waals surface area contributed by atoms with Crippen LogP contribution in [0, 0.1) is 6.57 Å². The number of ether oxygens (including phenoxy) is 1. The van der Waals surface area contributed by atoms with Crippen molar-refractivity contribution in [3.63, 3.8) is 0 Å². The molecule has 6 heteroatoms. The number of rotatable bonds is 1. The van der Waals surface area contributed by atoms with Gasteiger partial charge in [-0.05, 0) is 36.6 Å². The third-order valence-electron chi connectivity index (χ3n) is 5.81. The maximum absolute atomic E-state index is 7.39. The molecule has 1 atom stereocenters. The van der Waals surface area contributed by atoms with E-state index in [1.165, 1.54) is 11.1 Å². The summed E-state index contributed by atoms with van der Waals surface area (Å²) in [5.74, 6) is 2.35. The van der Waals surface area contributed by atoms with Gasteiger partial charge in [0.1, 0.15) is 18.2 Å². The second-order valence-corrected chi connectivity index (χ2v) is 7.82. The number of hydrogen-bond donors (Lipinski definition) is 1. The molecule has 3 aromatic rings. The summed E-state index contributed by atoms with van der Waals surface area (Å²) in [6, 6.07) is 16.0. The van der Waals surface area contributed by atoms with Gasteiger partial charge in [0.05, 0.1) is 12.3 Å². The molecule has 0 saturated carbocycles. The second-order valence-electron chi connectivity index (χ2n) is 7.82. The van der Waals surface area contributed by atoms with E-state index in [-0.39, 0.29) is 5.92 Å². The van der Waals surface area contributed by atoms with Crippen LogP contribution >= 0.6 is 0 Å². The van der Waals surface area contributed by atoms with Crippen LogP contribution in [0.1, 0.15) is 29.2 Å². The van der Waals surface area contributed by atoms with E-state index in [0.29, 0.717) is 24.0 Å². The van der Waals surface area contributed by atoms with E-state index in [9.17, 15) is 0 Å². The van der Waals surface area contributed by atoms with Crippen LogP contribution in [0.25, 0.3) is 4.85 Å². The van der Waals surface area contributed by atoms with Gasteiger partial charge >= 0.3 is 0 Å². The van der Waals surface area contributed by atoms with Crippen LogP contribution in [-0.2, 0) is 6.42 Å². The zero-order valence-electron chi connectivity index (χ0n) is 17.4. The van der Waals surface area contributed by atoms with Gasteiger partial charge in [-0.25, -0.2) is 9.83 Å². The predicted octanol–water partition coefficient (Wildman–Crippen LogP) is 5.23. The standard InChI is InChI=1S/C25H23N5O/c1-26-21-13-10-18-16-22(21)31-15-7-6-14-30(2)24-20-12-11-19(17-8-4-3-5-9-17)23(20)28-25(27-18)29-24/h3-10,13,16,19H,11-12,14-15H2,2H3,(H,27,28,29)/b7-6+. The van der Waals surface area contributed by atoms with E-state index < -0.39 is 0 Å². The minimum absolute atomic E-state index is 0.265. The first kappa shape index (κ1) is 19.1. The van der Waals surface area contributed by atoms with Gasteiger partial charge in [0, 0.05) is 30.8 Å². The normalized spacial score (nSPS) is 18.3. The molecule has 2 aromatic carbocycles. The average molecular weight is 409 g/mol. The molecule has 0 amide bonds. The van der Waals surface area contributed by atoms with Gasteiger partial charge in [0.25, 0.3) is 0 Å². The van der Waals surface area contributed by atoms with Crippen molar-refractivity contribution in [2.24, 2.45) is 0 Å². The molecule has 0 radical (unpaired) electrons. The zero-order chi connectivity index (χ0) is 21.2. The molecule has 1 aliphatic heterocycles. The molecule has 1 aliphatic carbocycles. The average Bonchev–Trinajstić information content (AvgIpc) is 3.22. The van der Waals surface area contributed by atoms with Gasteiger partial charge in [-0.2, -0.15) is 4.98 Å². The van der Waals surface area contributed by atoms with Crippen molar-refractivity contribution in [3.05, 3.63) is 88.9 Å². The maximum Gasteiger partial charge on any atom is 0.229 e. The topological polar surface area (TPSA) is 54.6 Å². The van der Waals surface area contributed by atoms with E-state index in [0.717, 1.165) is 36.6 Å². The molecule has 2 heterocycles. The van der Waals surface area contributed by atoms with E-state index >= 15 is 0 Å². The third-order valence-corrected chi connectivity index (χ3v) is 5.81. The molecule has 31 heavy (non-hydrogen) atoms. The molecule has 6 nitrogen and oxygen atoms in total. The molecule has 154 valence electrons. The Morgan fingerprint density at radius 1 is 1.13 bits per heavy atom. The molecule has 0 spiro atoms.